The summed E-state index contributed by atoms with van der Waals surface area (Å²) in [5.74, 6) is 1.01. The normalized spacial score (nSPS) is 11.2. The lowest BCUT2D eigenvalue weighted by Crippen LogP contribution is -1.91. The Balaban J connectivity index is 1.89. The smallest absolute Gasteiger partial charge is 0.222 e. The summed E-state index contributed by atoms with van der Waals surface area (Å²) in [6.07, 6.45) is 3.53. The summed E-state index contributed by atoms with van der Waals surface area (Å²) in [6.45, 7) is 0. The second-order valence-electron chi connectivity index (χ2n) is 3.76. The topological polar surface area (TPSA) is 126 Å². The Hall–Kier alpha value is -3.17. The fourth-order valence-corrected chi connectivity index (χ4v) is 1.84. The van der Waals surface area contributed by atoms with E-state index >= 15 is 0 Å². The summed E-state index contributed by atoms with van der Waals surface area (Å²) in [5.41, 5.74) is 2.32. The van der Waals surface area contributed by atoms with Crippen LogP contribution in [0.25, 0.3) is 28.6 Å². The average molecular weight is 254 g/mol. The van der Waals surface area contributed by atoms with Crippen LogP contribution in [0.4, 0.5) is 0 Å². The Labute approximate surface area is 104 Å². The zero-order valence-electron chi connectivity index (χ0n) is 9.39. The van der Waals surface area contributed by atoms with E-state index in [9.17, 15) is 0 Å². The molecule has 0 unspecified atom stereocenters. The van der Waals surface area contributed by atoms with Crippen LogP contribution in [0.5, 0.6) is 0 Å². The van der Waals surface area contributed by atoms with Crippen molar-refractivity contribution < 1.29 is 0 Å². The number of pyridine rings is 1. The number of H-pyrrole nitrogens is 2. The highest BCUT2D eigenvalue weighted by atomic mass is 15.5. The van der Waals surface area contributed by atoms with Crippen molar-refractivity contribution in [2.24, 2.45) is 0 Å². The first-order valence-electron chi connectivity index (χ1n) is 5.36. The zero-order valence-corrected chi connectivity index (χ0v) is 9.39. The van der Waals surface area contributed by atoms with Crippen molar-refractivity contribution in [2.45, 2.75) is 0 Å². The molecule has 0 aliphatic rings. The molecular weight excluding hydrogens is 248 g/mol. The highest BCUT2D eigenvalue weighted by Gasteiger charge is 2.11. The molecule has 19 heavy (non-hydrogen) atoms. The van der Waals surface area contributed by atoms with E-state index in [0.29, 0.717) is 11.6 Å². The third kappa shape index (κ3) is 1.46. The van der Waals surface area contributed by atoms with Crippen molar-refractivity contribution in [2.75, 3.05) is 0 Å². The highest BCUT2D eigenvalue weighted by molar-refractivity contribution is 5.64. The zero-order chi connectivity index (χ0) is 12.7. The number of imidazole rings is 1. The van der Waals surface area contributed by atoms with Gasteiger partial charge in [-0.3, -0.25) is 4.40 Å². The van der Waals surface area contributed by atoms with Crippen LogP contribution >= 0.6 is 0 Å². The molecule has 0 radical (unpaired) electrons. The summed E-state index contributed by atoms with van der Waals surface area (Å²) in [4.78, 5) is 4.30. The lowest BCUT2D eigenvalue weighted by Gasteiger charge is -1.98. The molecule has 92 valence electrons. The number of nitrogens with zero attached hydrogens (tertiary/aromatic N) is 8. The lowest BCUT2D eigenvalue weighted by atomic mass is 10.2. The Morgan fingerprint density at radius 1 is 1.00 bits per heavy atom. The first kappa shape index (κ1) is 9.82. The molecule has 10 heteroatoms. The molecule has 0 amide bonds. The number of hydrogen-bond acceptors (Lipinski definition) is 7. The largest absolute Gasteiger partial charge is 0.297 e. The van der Waals surface area contributed by atoms with Crippen LogP contribution in [-0.2, 0) is 0 Å². The Morgan fingerprint density at radius 3 is 2.53 bits per heavy atom. The molecule has 4 heterocycles. The van der Waals surface area contributed by atoms with Gasteiger partial charge in [0.25, 0.3) is 0 Å². The van der Waals surface area contributed by atoms with Gasteiger partial charge in [-0.15, -0.1) is 20.4 Å². The van der Waals surface area contributed by atoms with Gasteiger partial charge in [0.1, 0.15) is 11.3 Å². The van der Waals surface area contributed by atoms with Gasteiger partial charge in [-0.2, -0.15) is 10.4 Å². The van der Waals surface area contributed by atoms with Crippen LogP contribution in [0.2, 0.25) is 0 Å². The molecule has 0 fully saturated rings. The van der Waals surface area contributed by atoms with E-state index < -0.39 is 0 Å². The Kier molecular flexibility index (Phi) is 1.89. The van der Waals surface area contributed by atoms with E-state index in [1.807, 2.05) is 22.7 Å². The van der Waals surface area contributed by atoms with Crippen molar-refractivity contribution in [3.63, 3.8) is 0 Å². The Bertz CT molecular complexity index is 812. The van der Waals surface area contributed by atoms with Crippen LogP contribution in [0.1, 0.15) is 0 Å². The maximum absolute atomic E-state index is 4.30. The molecule has 0 bridgehead atoms. The molecule has 0 aliphatic heterocycles. The van der Waals surface area contributed by atoms with E-state index in [1.54, 1.807) is 6.20 Å². The van der Waals surface area contributed by atoms with Gasteiger partial charge in [0.15, 0.2) is 0 Å². The van der Waals surface area contributed by atoms with Gasteiger partial charge in [-0.25, -0.2) is 4.98 Å². The second kappa shape index (κ2) is 3.66. The minimum atomic E-state index is 0.486. The SMILES string of the molecule is c1cn2c(-c3nn[nH]n3)cnc2cc1-c1nn[nH]n1. The van der Waals surface area contributed by atoms with Gasteiger partial charge in [0, 0.05) is 11.8 Å². The van der Waals surface area contributed by atoms with Crippen molar-refractivity contribution in [1.82, 2.24) is 50.6 Å². The summed E-state index contributed by atoms with van der Waals surface area (Å²) in [5, 5.41) is 27.6. The predicted octanol–water partition coefficient (Wildman–Crippen LogP) is -0.306. The molecule has 0 atom stereocenters. The van der Waals surface area contributed by atoms with E-state index in [4.69, 9.17) is 0 Å². The molecule has 0 saturated heterocycles. The van der Waals surface area contributed by atoms with Crippen molar-refractivity contribution in [3.8, 4) is 22.9 Å². The summed E-state index contributed by atoms with van der Waals surface area (Å²) >= 11 is 0. The first-order valence-corrected chi connectivity index (χ1v) is 5.36. The molecule has 4 rings (SSSR count). The monoisotopic (exact) mass is 254 g/mol. The summed E-state index contributed by atoms with van der Waals surface area (Å²) in [7, 11) is 0. The van der Waals surface area contributed by atoms with Crippen LogP contribution in [0.3, 0.4) is 0 Å². The lowest BCUT2D eigenvalue weighted by molar-refractivity contribution is 0.881. The Morgan fingerprint density at radius 2 is 1.79 bits per heavy atom. The molecule has 0 saturated carbocycles. The molecule has 0 spiro atoms. The average Bonchev–Trinajstić information content (AvgIpc) is 3.18. The van der Waals surface area contributed by atoms with Gasteiger partial charge in [-0.05, 0) is 22.6 Å². The fraction of sp³-hybridized carbons (Fsp3) is 0. The van der Waals surface area contributed by atoms with E-state index in [1.165, 1.54) is 0 Å². The second-order valence-corrected chi connectivity index (χ2v) is 3.76. The van der Waals surface area contributed by atoms with Gasteiger partial charge in [0.05, 0.1) is 6.20 Å². The fourth-order valence-electron chi connectivity index (χ4n) is 1.84. The third-order valence-corrected chi connectivity index (χ3v) is 2.69. The molecule has 0 aliphatic carbocycles. The minimum absolute atomic E-state index is 0.486. The van der Waals surface area contributed by atoms with Crippen molar-refractivity contribution >= 4 is 5.65 Å². The van der Waals surface area contributed by atoms with Gasteiger partial charge < -0.3 is 0 Å². The summed E-state index contributed by atoms with van der Waals surface area (Å²) < 4.78 is 1.86. The molecule has 2 N–H and O–H groups in total. The van der Waals surface area contributed by atoms with Gasteiger partial charge in [-0.1, -0.05) is 0 Å². The molecule has 10 nitrogen and oxygen atoms in total. The highest BCUT2D eigenvalue weighted by Crippen LogP contribution is 2.20. The quantitative estimate of drug-likeness (QED) is 0.502. The minimum Gasteiger partial charge on any atom is -0.297 e. The number of aromatic nitrogens is 10. The number of nitrogens with one attached hydrogen (secondary N) is 2. The number of fused-ring (bicyclic) bond motifs is 1. The molecule has 4 aromatic heterocycles. The van der Waals surface area contributed by atoms with Crippen LogP contribution < -0.4 is 0 Å². The van der Waals surface area contributed by atoms with E-state index in [0.717, 1.165) is 16.9 Å². The molecule has 0 aromatic carbocycles. The number of aromatic amines is 2. The molecule has 4 aromatic rings. The van der Waals surface area contributed by atoms with Crippen LogP contribution in [0, 0.1) is 0 Å². The third-order valence-electron chi connectivity index (χ3n) is 2.69. The van der Waals surface area contributed by atoms with Crippen LogP contribution in [-0.4, -0.2) is 50.6 Å². The number of tetrazole rings is 2. The summed E-state index contributed by atoms with van der Waals surface area (Å²) in [6, 6.07) is 3.72. The maximum atomic E-state index is 4.30. The predicted molar refractivity (Wildman–Crippen MR) is 61.5 cm³/mol. The van der Waals surface area contributed by atoms with E-state index in [-0.39, 0.29) is 0 Å². The number of hydrogen-bond donors (Lipinski definition) is 2. The molecular formula is C9H6N10. The van der Waals surface area contributed by atoms with Crippen molar-refractivity contribution in [3.05, 3.63) is 24.5 Å². The maximum Gasteiger partial charge on any atom is 0.222 e. The first-order chi connectivity index (χ1) is 9.42. The van der Waals surface area contributed by atoms with Crippen LogP contribution in [0.15, 0.2) is 24.5 Å². The standard InChI is InChI=1S/C9H6N10/c1-2-19-6(9-13-17-18-14-9)4-10-7(19)3-5(1)8-11-15-16-12-8/h1-4H,(H,11,12,15,16)(H,13,14,17,18). The van der Waals surface area contributed by atoms with Crippen molar-refractivity contribution in [1.29, 1.82) is 0 Å². The van der Waals surface area contributed by atoms with E-state index in [2.05, 4.69) is 46.2 Å². The van der Waals surface area contributed by atoms with Gasteiger partial charge in [0.2, 0.25) is 11.6 Å². The number of rotatable bonds is 2. The van der Waals surface area contributed by atoms with Gasteiger partial charge >= 0.3 is 0 Å².